The molecule has 0 bridgehead atoms. The number of nitrogens with zero attached hydrogens (tertiary/aromatic N) is 3. The highest BCUT2D eigenvalue weighted by atomic mass is 16.5. The topological polar surface area (TPSA) is 67.3 Å². The molecule has 1 atom stereocenters. The van der Waals surface area contributed by atoms with Crippen LogP contribution in [0.25, 0.3) is 0 Å². The molecule has 1 saturated carbocycles. The largest absolute Gasteiger partial charge is 0.375 e. The summed E-state index contributed by atoms with van der Waals surface area (Å²) in [5.41, 5.74) is 3.17. The lowest BCUT2D eigenvalue weighted by atomic mass is 9.99. The van der Waals surface area contributed by atoms with Gasteiger partial charge in [-0.25, -0.2) is 9.97 Å². The van der Waals surface area contributed by atoms with Gasteiger partial charge in [-0.2, -0.15) is 0 Å². The summed E-state index contributed by atoms with van der Waals surface area (Å²) >= 11 is 0. The van der Waals surface area contributed by atoms with E-state index in [1.165, 1.54) is 7.11 Å². The minimum absolute atomic E-state index is 0.0440. The average molecular weight is 368 g/mol. The van der Waals surface area contributed by atoms with Crippen molar-refractivity contribution in [2.75, 3.05) is 32.7 Å². The first-order valence-electron chi connectivity index (χ1n) is 9.36. The summed E-state index contributed by atoms with van der Waals surface area (Å²) in [5.74, 6) is 2.17. The van der Waals surface area contributed by atoms with Gasteiger partial charge in [-0.1, -0.05) is 29.8 Å². The standard InChI is InChI=1S/C21H28N4O2/c1-14-6-5-7-16(10-14)18(23-20(26)13-27-4)11-17-12-19(25(2)3)24-21(22-17)15-8-9-15/h5-7,10,12,15,18H,8-9,11,13H2,1-4H3,(H,23,26)/t18-/m1/s1. The highest BCUT2D eigenvalue weighted by Crippen LogP contribution is 2.38. The number of rotatable bonds is 8. The molecule has 0 spiro atoms. The maximum atomic E-state index is 12.2. The van der Waals surface area contributed by atoms with Gasteiger partial charge in [0.15, 0.2) is 0 Å². The van der Waals surface area contributed by atoms with Crippen LogP contribution in [0.15, 0.2) is 30.3 Å². The van der Waals surface area contributed by atoms with E-state index >= 15 is 0 Å². The Bertz CT molecular complexity index is 782. The monoisotopic (exact) mass is 368 g/mol. The number of carbonyl (C=O) groups excluding carboxylic acids is 1. The van der Waals surface area contributed by atoms with Gasteiger partial charge in [-0.15, -0.1) is 0 Å². The van der Waals surface area contributed by atoms with Crippen molar-refractivity contribution in [2.24, 2.45) is 0 Å². The summed E-state index contributed by atoms with van der Waals surface area (Å²) < 4.78 is 4.98. The van der Waals surface area contributed by atoms with Crippen molar-refractivity contribution in [3.63, 3.8) is 0 Å². The van der Waals surface area contributed by atoms with Crippen molar-refractivity contribution in [3.8, 4) is 0 Å². The molecule has 144 valence electrons. The number of anilines is 1. The number of benzene rings is 1. The number of hydrogen-bond donors (Lipinski definition) is 1. The van der Waals surface area contributed by atoms with Crippen LogP contribution in [0.1, 0.15) is 47.4 Å². The van der Waals surface area contributed by atoms with Gasteiger partial charge in [0.25, 0.3) is 0 Å². The molecule has 1 aliphatic rings. The Labute approximate surface area is 161 Å². The van der Waals surface area contributed by atoms with Crippen LogP contribution in [-0.4, -0.2) is 43.7 Å². The van der Waals surface area contributed by atoms with Crippen LogP contribution in [-0.2, 0) is 16.0 Å². The zero-order chi connectivity index (χ0) is 19.4. The summed E-state index contributed by atoms with van der Waals surface area (Å²) in [4.78, 5) is 23.7. The normalized spacial score (nSPS) is 14.7. The van der Waals surface area contributed by atoms with Gasteiger partial charge < -0.3 is 15.0 Å². The summed E-state index contributed by atoms with van der Waals surface area (Å²) in [7, 11) is 5.50. The number of hydrogen-bond acceptors (Lipinski definition) is 5. The SMILES string of the molecule is COCC(=O)N[C@H](Cc1cc(N(C)C)nc(C2CC2)n1)c1cccc(C)c1. The summed E-state index contributed by atoms with van der Waals surface area (Å²) in [5, 5.41) is 3.08. The van der Waals surface area contributed by atoms with Gasteiger partial charge in [0.05, 0.1) is 6.04 Å². The highest BCUT2D eigenvalue weighted by molar-refractivity contribution is 5.77. The van der Waals surface area contributed by atoms with Crippen molar-refractivity contribution >= 4 is 11.7 Å². The van der Waals surface area contributed by atoms with E-state index < -0.39 is 0 Å². The van der Waals surface area contributed by atoms with Crippen LogP contribution in [0.4, 0.5) is 5.82 Å². The molecular formula is C21H28N4O2. The predicted octanol–water partition coefficient (Wildman–Crippen LogP) is 2.77. The molecule has 1 aliphatic carbocycles. The molecule has 1 aromatic carbocycles. The predicted molar refractivity (Wildman–Crippen MR) is 106 cm³/mol. The van der Waals surface area contributed by atoms with Crippen molar-refractivity contribution in [1.82, 2.24) is 15.3 Å². The van der Waals surface area contributed by atoms with Gasteiger partial charge >= 0.3 is 0 Å². The van der Waals surface area contributed by atoms with Gasteiger partial charge in [0.2, 0.25) is 5.91 Å². The quantitative estimate of drug-likeness (QED) is 0.776. The molecule has 1 fully saturated rings. The van der Waals surface area contributed by atoms with E-state index in [0.717, 1.165) is 41.3 Å². The third-order valence-electron chi connectivity index (χ3n) is 4.65. The summed E-state index contributed by atoms with van der Waals surface area (Å²) in [6.45, 7) is 2.10. The highest BCUT2D eigenvalue weighted by Gasteiger charge is 2.28. The first-order valence-corrected chi connectivity index (χ1v) is 9.36. The Morgan fingerprint density at radius 2 is 2.07 bits per heavy atom. The van der Waals surface area contributed by atoms with E-state index in [1.807, 2.05) is 37.2 Å². The van der Waals surface area contributed by atoms with E-state index in [4.69, 9.17) is 9.72 Å². The van der Waals surface area contributed by atoms with E-state index in [0.29, 0.717) is 12.3 Å². The van der Waals surface area contributed by atoms with Crippen LogP contribution in [0, 0.1) is 6.92 Å². The first-order chi connectivity index (χ1) is 13.0. The van der Waals surface area contributed by atoms with Crippen molar-refractivity contribution in [2.45, 2.75) is 38.1 Å². The number of aryl methyl sites for hydroxylation is 1. The van der Waals surface area contributed by atoms with Gasteiger partial charge in [-0.05, 0) is 25.3 Å². The Balaban J connectivity index is 1.89. The van der Waals surface area contributed by atoms with Crippen molar-refractivity contribution < 1.29 is 9.53 Å². The molecule has 1 heterocycles. The fourth-order valence-electron chi connectivity index (χ4n) is 3.08. The fraction of sp³-hybridized carbons (Fsp3) is 0.476. The van der Waals surface area contributed by atoms with Gasteiger partial charge in [-0.3, -0.25) is 4.79 Å². The molecule has 2 aromatic rings. The third-order valence-corrected chi connectivity index (χ3v) is 4.65. The van der Waals surface area contributed by atoms with Gasteiger partial charge in [0, 0.05) is 45.3 Å². The van der Waals surface area contributed by atoms with Crippen molar-refractivity contribution in [1.29, 1.82) is 0 Å². The first kappa shape index (κ1) is 19.3. The Morgan fingerprint density at radius 1 is 1.30 bits per heavy atom. The van der Waals surface area contributed by atoms with Crippen LogP contribution >= 0.6 is 0 Å². The number of aromatic nitrogens is 2. The minimum atomic E-state index is -0.162. The maximum absolute atomic E-state index is 12.2. The molecule has 0 saturated heterocycles. The Kier molecular flexibility index (Phi) is 6.06. The molecule has 1 N–H and O–H groups in total. The van der Waals surface area contributed by atoms with E-state index in [9.17, 15) is 4.79 Å². The summed E-state index contributed by atoms with van der Waals surface area (Å²) in [6.07, 6.45) is 2.92. The molecule has 1 amide bonds. The zero-order valence-corrected chi connectivity index (χ0v) is 16.5. The van der Waals surface area contributed by atoms with E-state index in [1.54, 1.807) is 0 Å². The molecule has 0 radical (unpaired) electrons. The molecule has 6 nitrogen and oxygen atoms in total. The van der Waals surface area contributed by atoms with E-state index in [-0.39, 0.29) is 18.6 Å². The smallest absolute Gasteiger partial charge is 0.246 e. The number of ether oxygens (including phenoxy) is 1. The molecule has 6 heteroatoms. The Hall–Kier alpha value is -2.47. The summed E-state index contributed by atoms with van der Waals surface area (Å²) in [6, 6.07) is 10.1. The Morgan fingerprint density at radius 3 is 2.70 bits per heavy atom. The second-order valence-corrected chi connectivity index (χ2v) is 7.42. The second kappa shape index (κ2) is 8.48. The van der Waals surface area contributed by atoms with Crippen LogP contribution in [0.3, 0.4) is 0 Å². The number of carbonyl (C=O) groups is 1. The second-order valence-electron chi connectivity index (χ2n) is 7.42. The molecule has 0 unspecified atom stereocenters. The molecular weight excluding hydrogens is 340 g/mol. The average Bonchev–Trinajstić information content (AvgIpc) is 3.46. The molecule has 27 heavy (non-hydrogen) atoms. The molecule has 1 aromatic heterocycles. The van der Waals surface area contributed by atoms with E-state index in [2.05, 4.69) is 29.4 Å². The lowest BCUT2D eigenvalue weighted by Gasteiger charge is -2.21. The van der Waals surface area contributed by atoms with Crippen LogP contribution in [0.2, 0.25) is 0 Å². The minimum Gasteiger partial charge on any atom is -0.375 e. The molecule has 0 aliphatic heterocycles. The lowest BCUT2D eigenvalue weighted by molar-refractivity contribution is -0.125. The van der Waals surface area contributed by atoms with Crippen LogP contribution in [0.5, 0.6) is 0 Å². The molecule has 3 rings (SSSR count). The zero-order valence-electron chi connectivity index (χ0n) is 16.5. The third kappa shape index (κ3) is 5.26. The number of nitrogens with one attached hydrogen (secondary N) is 1. The maximum Gasteiger partial charge on any atom is 0.246 e. The van der Waals surface area contributed by atoms with Crippen molar-refractivity contribution in [3.05, 3.63) is 53.0 Å². The fourth-order valence-corrected chi connectivity index (χ4v) is 3.08. The number of methoxy groups -OCH3 is 1. The van der Waals surface area contributed by atoms with Gasteiger partial charge in [0.1, 0.15) is 18.2 Å². The van der Waals surface area contributed by atoms with Crippen LogP contribution < -0.4 is 10.2 Å². The number of amides is 1. The lowest BCUT2D eigenvalue weighted by Crippen LogP contribution is -2.33.